The molecular formula is C15H19BrN2O3. The fourth-order valence-electron chi connectivity index (χ4n) is 1.90. The molecule has 2 N–H and O–H groups in total. The quantitative estimate of drug-likeness (QED) is 0.769. The van der Waals surface area contributed by atoms with Gasteiger partial charge in [-0.25, -0.2) is 4.79 Å². The maximum atomic E-state index is 11.5. The minimum atomic E-state index is -0.984. The van der Waals surface area contributed by atoms with Gasteiger partial charge in [0.15, 0.2) is 0 Å². The van der Waals surface area contributed by atoms with Crippen LogP contribution in [0.5, 0.6) is 0 Å². The monoisotopic (exact) mass is 354 g/mol. The van der Waals surface area contributed by atoms with Crippen molar-refractivity contribution >= 4 is 39.6 Å². The van der Waals surface area contributed by atoms with E-state index in [0.29, 0.717) is 6.54 Å². The summed E-state index contributed by atoms with van der Waals surface area (Å²) in [6.07, 6.45) is 2.63. The van der Waals surface area contributed by atoms with Crippen molar-refractivity contribution in [3.8, 4) is 0 Å². The normalized spacial score (nSPS) is 12.2. The average Bonchev–Trinajstić information content (AvgIpc) is 2.44. The summed E-state index contributed by atoms with van der Waals surface area (Å²) in [5, 5.41) is 11.3. The summed E-state index contributed by atoms with van der Waals surface area (Å²) in [5.41, 5.74) is 1.74. The number of carbonyl (C=O) groups is 2. The number of carbonyl (C=O) groups excluding carboxylic acids is 1. The van der Waals surface area contributed by atoms with Crippen molar-refractivity contribution in [3.05, 3.63) is 34.3 Å². The molecule has 0 spiro atoms. The van der Waals surface area contributed by atoms with Gasteiger partial charge in [-0.05, 0) is 23.8 Å². The Kier molecular flexibility index (Phi) is 6.42. The number of anilines is 1. The van der Waals surface area contributed by atoms with Crippen LogP contribution in [-0.2, 0) is 9.59 Å². The fourth-order valence-corrected chi connectivity index (χ4v) is 2.39. The highest BCUT2D eigenvalue weighted by molar-refractivity contribution is 9.10. The van der Waals surface area contributed by atoms with Crippen molar-refractivity contribution in [2.24, 2.45) is 5.92 Å². The van der Waals surface area contributed by atoms with E-state index in [-0.39, 0.29) is 11.8 Å². The molecule has 6 heteroatoms. The smallest absolute Gasteiger partial charge is 0.328 e. The first kappa shape index (κ1) is 17.2. The van der Waals surface area contributed by atoms with E-state index >= 15 is 0 Å². The van der Waals surface area contributed by atoms with E-state index in [1.807, 2.05) is 37.1 Å². The van der Waals surface area contributed by atoms with Gasteiger partial charge in [0, 0.05) is 36.9 Å². The zero-order valence-corrected chi connectivity index (χ0v) is 13.8. The lowest BCUT2D eigenvalue weighted by atomic mass is 10.1. The topological polar surface area (TPSA) is 69.6 Å². The standard InChI is InChI=1S/C15H19BrN2O3/c1-10(15(21)17-2)9-18(3)12-6-4-11(13(16)8-12)5-7-14(19)20/h4-8,10H,9H2,1-3H3,(H,17,21)(H,19,20)/b7-5+. The largest absolute Gasteiger partial charge is 0.478 e. The van der Waals surface area contributed by atoms with E-state index in [1.165, 1.54) is 6.08 Å². The molecule has 0 bridgehead atoms. The molecule has 0 aromatic heterocycles. The van der Waals surface area contributed by atoms with Crippen LogP contribution in [0.1, 0.15) is 12.5 Å². The van der Waals surface area contributed by atoms with Crippen LogP contribution in [-0.4, -0.2) is 37.6 Å². The SMILES string of the molecule is CNC(=O)C(C)CN(C)c1ccc(/C=C/C(=O)O)c(Br)c1. The second-order valence-corrected chi connectivity index (χ2v) is 5.63. The molecule has 1 atom stereocenters. The minimum Gasteiger partial charge on any atom is -0.478 e. The first-order valence-corrected chi connectivity index (χ1v) is 7.27. The molecule has 1 aromatic rings. The summed E-state index contributed by atoms with van der Waals surface area (Å²) in [4.78, 5) is 24.0. The number of hydrogen-bond donors (Lipinski definition) is 2. The predicted molar refractivity (Wildman–Crippen MR) is 87.3 cm³/mol. The van der Waals surface area contributed by atoms with E-state index < -0.39 is 5.97 Å². The van der Waals surface area contributed by atoms with Gasteiger partial charge in [-0.3, -0.25) is 4.79 Å². The molecule has 0 aliphatic rings. The Hall–Kier alpha value is -1.82. The van der Waals surface area contributed by atoms with Gasteiger partial charge in [0.1, 0.15) is 0 Å². The molecule has 1 amide bonds. The van der Waals surface area contributed by atoms with Gasteiger partial charge in [0.25, 0.3) is 0 Å². The van der Waals surface area contributed by atoms with Crippen LogP contribution in [0.3, 0.4) is 0 Å². The number of hydrogen-bond acceptors (Lipinski definition) is 3. The molecule has 1 aromatic carbocycles. The third-order valence-electron chi connectivity index (χ3n) is 3.07. The number of carboxylic acid groups (broad SMARTS) is 1. The van der Waals surface area contributed by atoms with Crippen LogP contribution in [0, 0.1) is 5.92 Å². The number of amides is 1. The van der Waals surface area contributed by atoms with Gasteiger partial charge >= 0.3 is 5.97 Å². The summed E-state index contributed by atoms with van der Waals surface area (Å²) in [5.74, 6) is -1.10. The molecule has 1 rings (SSSR count). The van der Waals surface area contributed by atoms with E-state index in [9.17, 15) is 9.59 Å². The maximum absolute atomic E-state index is 11.5. The summed E-state index contributed by atoms with van der Waals surface area (Å²) < 4.78 is 0.803. The average molecular weight is 355 g/mol. The first-order valence-electron chi connectivity index (χ1n) is 6.48. The lowest BCUT2D eigenvalue weighted by Gasteiger charge is -2.23. The minimum absolute atomic E-state index is 0.00178. The zero-order chi connectivity index (χ0) is 16.0. The van der Waals surface area contributed by atoms with Crippen molar-refractivity contribution in [1.82, 2.24) is 5.32 Å². The van der Waals surface area contributed by atoms with Crippen LogP contribution in [0.2, 0.25) is 0 Å². The fraction of sp³-hybridized carbons (Fsp3) is 0.333. The highest BCUT2D eigenvalue weighted by Crippen LogP contribution is 2.25. The summed E-state index contributed by atoms with van der Waals surface area (Å²) in [6.45, 7) is 2.46. The molecule has 0 heterocycles. The number of halogens is 1. The first-order chi connectivity index (χ1) is 9.85. The number of aliphatic carboxylic acids is 1. The Morgan fingerprint density at radius 1 is 1.48 bits per heavy atom. The van der Waals surface area contributed by atoms with Crippen molar-refractivity contribution in [2.45, 2.75) is 6.92 Å². The summed E-state index contributed by atoms with van der Waals surface area (Å²) in [7, 11) is 3.53. The third kappa shape index (κ3) is 5.23. The molecule has 0 saturated carbocycles. The number of nitrogens with zero attached hydrogens (tertiary/aromatic N) is 1. The Labute approximate surface area is 132 Å². The number of nitrogens with one attached hydrogen (secondary N) is 1. The highest BCUT2D eigenvalue weighted by Gasteiger charge is 2.14. The van der Waals surface area contributed by atoms with E-state index in [0.717, 1.165) is 21.8 Å². The Balaban J connectivity index is 2.83. The summed E-state index contributed by atoms with van der Waals surface area (Å²) in [6, 6.07) is 5.63. The lowest BCUT2D eigenvalue weighted by Crippen LogP contribution is -2.34. The highest BCUT2D eigenvalue weighted by atomic mass is 79.9. The number of benzene rings is 1. The molecule has 0 aliphatic heterocycles. The van der Waals surface area contributed by atoms with Crippen molar-refractivity contribution < 1.29 is 14.7 Å². The van der Waals surface area contributed by atoms with Crippen molar-refractivity contribution in [1.29, 1.82) is 0 Å². The Morgan fingerprint density at radius 2 is 2.14 bits per heavy atom. The van der Waals surface area contributed by atoms with Gasteiger partial charge in [0.05, 0.1) is 5.92 Å². The zero-order valence-electron chi connectivity index (χ0n) is 12.3. The molecule has 5 nitrogen and oxygen atoms in total. The van der Waals surface area contributed by atoms with Crippen molar-refractivity contribution in [3.63, 3.8) is 0 Å². The molecule has 0 saturated heterocycles. The molecule has 0 radical (unpaired) electrons. The van der Waals surface area contributed by atoms with Crippen LogP contribution < -0.4 is 10.2 Å². The maximum Gasteiger partial charge on any atom is 0.328 e. The molecule has 0 fully saturated rings. The van der Waals surface area contributed by atoms with Gasteiger partial charge in [-0.2, -0.15) is 0 Å². The predicted octanol–water partition coefficient (Wildman–Crippen LogP) is 2.37. The Bertz CT molecular complexity index is 558. The van der Waals surface area contributed by atoms with E-state index in [1.54, 1.807) is 7.05 Å². The van der Waals surface area contributed by atoms with Gasteiger partial charge < -0.3 is 15.3 Å². The number of carboxylic acids is 1. The van der Waals surface area contributed by atoms with Crippen LogP contribution >= 0.6 is 15.9 Å². The molecule has 0 aliphatic carbocycles. The van der Waals surface area contributed by atoms with E-state index in [2.05, 4.69) is 21.2 Å². The van der Waals surface area contributed by atoms with Gasteiger partial charge in [-0.1, -0.05) is 28.9 Å². The molecule has 21 heavy (non-hydrogen) atoms. The molecule has 114 valence electrons. The van der Waals surface area contributed by atoms with Crippen molar-refractivity contribution in [2.75, 3.05) is 25.5 Å². The van der Waals surface area contributed by atoms with Crippen LogP contribution in [0.15, 0.2) is 28.7 Å². The summed E-state index contributed by atoms with van der Waals surface area (Å²) >= 11 is 3.42. The van der Waals surface area contributed by atoms with Gasteiger partial charge in [-0.15, -0.1) is 0 Å². The van der Waals surface area contributed by atoms with Gasteiger partial charge in [0.2, 0.25) is 5.91 Å². The number of rotatable bonds is 6. The second kappa shape index (κ2) is 7.83. The molecule has 1 unspecified atom stereocenters. The van der Waals surface area contributed by atoms with E-state index in [4.69, 9.17) is 5.11 Å². The lowest BCUT2D eigenvalue weighted by molar-refractivity contribution is -0.131. The third-order valence-corrected chi connectivity index (χ3v) is 3.76. The second-order valence-electron chi connectivity index (χ2n) is 4.77. The van der Waals surface area contributed by atoms with Crippen LogP contribution in [0.4, 0.5) is 5.69 Å². The Morgan fingerprint density at radius 3 is 2.67 bits per heavy atom. The van der Waals surface area contributed by atoms with Crippen LogP contribution in [0.25, 0.3) is 6.08 Å². The molecular weight excluding hydrogens is 336 g/mol.